The molecule has 0 aliphatic carbocycles. The van der Waals surface area contributed by atoms with Gasteiger partial charge in [-0.15, -0.1) is 0 Å². The monoisotopic (exact) mass is 174 g/mol. The minimum absolute atomic E-state index is 0.0671. The fourth-order valence-corrected chi connectivity index (χ4v) is 1.64. The smallest absolute Gasteiger partial charge is 0.147 e. The lowest BCUT2D eigenvalue weighted by Crippen LogP contribution is -2.52. The van der Waals surface area contributed by atoms with E-state index in [1.807, 2.05) is 0 Å². The van der Waals surface area contributed by atoms with Gasteiger partial charge in [-0.1, -0.05) is 6.92 Å². The molecule has 0 radical (unpaired) electrons. The molecule has 4 nitrogen and oxygen atoms in total. The summed E-state index contributed by atoms with van der Waals surface area (Å²) in [6.45, 7) is 3.45. The lowest BCUT2D eigenvalue weighted by Gasteiger charge is -2.39. The molecule has 2 aliphatic heterocycles. The highest BCUT2D eigenvalue weighted by molar-refractivity contribution is 4.82. The van der Waals surface area contributed by atoms with E-state index in [-0.39, 0.29) is 18.3 Å². The van der Waals surface area contributed by atoms with Crippen LogP contribution in [0, 0.1) is 0 Å². The molecular weight excluding hydrogens is 160 g/mol. The molecule has 0 bridgehead atoms. The zero-order valence-electron chi connectivity index (χ0n) is 7.19. The Morgan fingerprint density at radius 2 is 2.08 bits per heavy atom. The van der Waals surface area contributed by atoms with E-state index in [0.29, 0.717) is 20.2 Å². The molecule has 0 N–H and O–H groups in total. The third kappa shape index (κ3) is 1.47. The van der Waals surface area contributed by atoms with Crippen molar-refractivity contribution >= 4 is 0 Å². The Morgan fingerprint density at radius 1 is 1.17 bits per heavy atom. The normalized spacial score (nSPS) is 42.2. The fourth-order valence-electron chi connectivity index (χ4n) is 1.64. The molecule has 4 heteroatoms. The van der Waals surface area contributed by atoms with Crippen LogP contribution in [-0.2, 0) is 18.9 Å². The average molecular weight is 174 g/mol. The first-order chi connectivity index (χ1) is 5.92. The summed E-state index contributed by atoms with van der Waals surface area (Å²) in [7, 11) is 0. The Kier molecular flexibility index (Phi) is 2.60. The summed E-state index contributed by atoms with van der Waals surface area (Å²) in [4.78, 5) is 0. The molecule has 3 atom stereocenters. The van der Waals surface area contributed by atoms with Crippen LogP contribution in [0.1, 0.15) is 13.3 Å². The summed E-state index contributed by atoms with van der Waals surface area (Å²) >= 11 is 0. The quantitative estimate of drug-likeness (QED) is 0.580. The molecule has 2 rings (SSSR count). The highest BCUT2D eigenvalue weighted by atomic mass is 16.7. The van der Waals surface area contributed by atoms with Crippen molar-refractivity contribution in [1.29, 1.82) is 0 Å². The summed E-state index contributed by atoms with van der Waals surface area (Å²) in [6, 6.07) is 0. The molecule has 0 aromatic carbocycles. The SMILES string of the molecule is CC[C@@H]1OCO[C@@H]2COCO[C@@H]12. The third-order valence-corrected chi connectivity index (χ3v) is 2.33. The Morgan fingerprint density at radius 3 is 2.92 bits per heavy atom. The van der Waals surface area contributed by atoms with E-state index < -0.39 is 0 Å². The minimum atomic E-state index is 0.0671. The molecule has 2 heterocycles. The second-order valence-electron chi connectivity index (χ2n) is 3.06. The zero-order valence-corrected chi connectivity index (χ0v) is 7.19. The zero-order chi connectivity index (χ0) is 8.39. The largest absolute Gasteiger partial charge is 0.353 e. The van der Waals surface area contributed by atoms with Gasteiger partial charge in [-0.05, 0) is 6.42 Å². The van der Waals surface area contributed by atoms with Gasteiger partial charge in [0.2, 0.25) is 0 Å². The molecule has 70 valence electrons. The van der Waals surface area contributed by atoms with Gasteiger partial charge in [-0.25, -0.2) is 0 Å². The van der Waals surface area contributed by atoms with Gasteiger partial charge in [0.15, 0.2) is 0 Å². The summed E-state index contributed by atoms with van der Waals surface area (Å²) in [5.74, 6) is 0. The van der Waals surface area contributed by atoms with Gasteiger partial charge >= 0.3 is 0 Å². The van der Waals surface area contributed by atoms with E-state index >= 15 is 0 Å². The highest BCUT2D eigenvalue weighted by Gasteiger charge is 2.37. The average Bonchev–Trinajstić information content (AvgIpc) is 2.17. The van der Waals surface area contributed by atoms with Gasteiger partial charge in [0.25, 0.3) is 0 Å². The first kappa shape index (κ1) is 8.44. The number of hydrogen-bond acceptors (Lipinski definition) is 4. The van der Waals surface area contributed by atoms with Crippen LogP contribution in [0.5, 0.6) is 0 Å². The van der Waals surface area contributed by atoms with E-state index in [1.54, 1.807) is 0 Å². The predicted octanol–water partition coefficient (Wildman–Crippen LogP) is 0.511. The molecular formula is C8H14O4. The summed E-state index contributed by atoms with van der Waals surface area (Å²) in [6.07, 6.45) is 1.27. The van der Waals surface area contributed by atoms with Crippen molar-refractivity contribution in [3.05, 3.63) is 0 Å². The molecule has 12 heavy (non-hydrogen) atoms. The maximum Gasteiger partial charge on any atom is 0.147 e. The van der Waals surface area contributed by atoms with E-state index in [0.717, 1.165) is 6.42 Å². The van der Waals surface area contributed by atoms with Crippen LogP contribution in [0.25, 0.3) is 0 Å². The van der Waals surface area contributed by atoms with E-state index in [9.17, 15) is 0 Å². The van der Waals surface area contributed by atoms with E-state index in [2.05, 4.69) is 6.92 Å². The van der Waals surface area contributed by atoms with Gasteiger partial charge in [0.1, 0.15) is 25.8 Å². The third-order valence-electron chi connectivity index (χ3n) is 2.33. The fraction of sp³-hybridized carbons (Fsp3) is 1.00. The van der Waals surface area contributed by atoms with Gasteiger partial charge < -0.3 is 18.9 Å². The Bertz CT molecular complexity index is 141. The van der Waals surface area contributed by atoms with Crippen molar-refractivity contribution in [2.45, 2.75) is 31.7 Å². The Balaban J connectivity index is 1.99. The van der Waals surface area contributed by atoms with Crippen LogP contribution in [0.15, 0.2) is 0 Å². The van der Waals surface area contributed by atoms with Crippen molar-refractivity contribution in [1.82, 2.24) is 0 Å². The van der Waals surface area contributed by atoms with E-state index in [4.69, 9.17) is 18.9 Å². The first-order valence-corrected chi connectivity index (χ1v) is 4.34. The molecule has 0 aromatic heterocycles. The van der Waals surface area contributed by atoms with Gasteiger partial charge in [-0.3, -0.25) is 0 Å². The molecule has 0 amide bonds. The van der Waals surface area contributed by atoms with Crippen LogP contribution in [-0.4, -0.2) is 38.5 Å². The van der Waals surface area contributed by atoms with Crippen molar-refractivity contribution in [3.8, 4) is 0 Å². The van der Waals surface area contributed by atoms with E-state index in [1.165, 1.54) is 0 Å². The second kappa shape index (κ2) is 3.70. The van der Waals surface area contributed by atoms with Crippen molar-refractivity contribution in [3.63, 3.8) is 0 Å². The van der Waals surface area contributed by atoms with Crippen molar-refractivity contribution in [2.24, 2.45) is 0 Å². The lowest BCUT2D eigenvalue weighted by molar-refractivity contribution is -0.301. The van der Waals surface area contributed by atoms with Gasteiger partial charge in [-0.2, -0.15) is 0 Å². The lowest BCUT2D eigenvalue weighted by atomic mass is 10.0. The van der Waals surface area contributed by atoms with Gasteiger partial charge in [0.05, 0.1) is 12.7 Å². The summed E-state index contributed by atoms with van der Waals surface area (Å²) < 4.78 is 21.3. The minimum Gasteiger partial charge on any atom is -0.353 e. The molecule has 2 fully saturated rings. The van der Waals surface area contributed by atoms with Crippen LogP contribution >= 0.6 is 0 Å². The maximum absolute atomic E-state index is 5.41. The standard InChI is InChI=1S/C8H14O4/c1-2-6-8-7(11-5-10-6)3-9-4-12-8/h6-8H,2-5H2,1H3/t6-,7+,8-/m0/s1. The van der Waals surface area contributed by atoms with Crippen molar-refractivity contribution in [2.75, 3.05) is 20.2 Å². The van der Waals surface area contributed by atoms with Crippen LogP contribution < -0.4 is 0 Å². The molecule has 0 aromatic rings. The maximum atomic E-state index is 5.41. The summed E-state index contributed by atoms with van der Waals surface area (Å²) in [5.41, 5.74) is 0. The molecule has 0 spiro atoms. The highest BCUT2D eigenvalue weighted by Crippen LogP contribution is 2.22. The topological polar surface area (TPSA) is 36.9 Å². The predicted molar refractivity (Wildman–Crippen MR) is 40.6 cm³/mol. The molecule has 2 aliphatic rings. The van der Waals surface area contributed by atoms with Crippen LogP contribution in [0.3, 0.4) is 0 Å². The Hall–Kier alpha value is -0.160. The van der Waals surface area contributed by atoms with Crippen LogP contribution in [0.2, 0.25) is 0 Å². The number of rotatable bonds is 1. The van der Waals surface area contributed by atoms with Crippen LogP contribution in [0.4, 0.5) is 0 Å². The molecule has 0 unspecified atom stereocenters. The second-order valence-corrected chi connectivity index (χ2v) is 3.06. The number of fused-ring (bicyclic) bond motifs is 1. The Labute approximate surface area is 71.7 Å². The molecule has 2 saturated heterocycles. The van der Waals surface area contributed by atoms with Gasteiger partial charge in [0, 0.05) is 0 Å². The number of hydrogen-bond donors (Lipinski definition) is 0. The first-order valence-electron chi connectivity index (χ1n) is 4.34. The van der Waals surface area contributed by atoms with Crippen molar-refractivity contribution < 1.29 is 18.9 Å². The molecule has 0 saturated carbocycles. The number of ether oxygens (including phenoxy) is 4. The summed E-state index contributed by atoms with van der Waals surface area (Å²) in [5, 5.41) is 0.